The Bertz CT molecular complexity index is 1720. The van der Waals surface area contributed by atoms with Crippen LogP contribution in [0.1, 0.15) is 18.2 Å². The van der Waals surface area contributed by atoms with Crippen LogP contribution in [0.15, 0.2) is 73.4 Å². The van der Waals surface area contributed by atoms with Crippen LogP contribution >= 0.6 is 11.6 Å². The van der Waals surface area contributed by atoms with Gasteiger partial charge in [0.15, 0.2) is 12.0 Å². The predicted molar refractivity (Wildman–Crippen MR) is 147 cm³/mol. The van der Waals surface area contributed by atoms with Gasteiger partial charge < -0.3 is 14.7 Å². The Labute approximate surface area is 246 Å². The van der Waals surface area contributed by atoms with Crippen LogP contribution in [0.5, 0.6) is 0 Å². The minimum absolute atomic E-state index is 0.0138. The lowest BCUT2D eigenvalue weighted by atomic mass is 10.0. The molecule has 5 aromatic rings. The Morgan fingerprint density at radius 3 is 2.56 bits per heavy atom. The Hall–Kier alpha value is -5.02. The van der Waals surface area contributed by atoms with Gasteiger partial charge in [0, 0.05) is 29.9 Å². The molecule has 0 unspecified atom stereocenters. The Kier molecular flexibility index (Phi) is 8.82. The highest BCUT2D eigenvalue weighted by Gasteiger charge is 2.26. The van der Waals surface area contributed by atoms with E-state index >= 15 is 4.39 Å². The second-order valence-corrected chi connectivity index (χ2v) is 9.42. The molecule has 0 saturated heterocycles. The first kappa shape index (κ1) is 29.5. The van der Waals surface area contributed by atoms with Crippen molar-refractivity contribution in [2.45, 2.75) is 19.1 Å². The fourth-order valence-corrected chi connectivity index (χ4v) is 4.59. The monoisotopic (exact) mass is 614 g/mol. The fourth-order valence-electron chi connectivity index (χ4n) is 4.43. The quantitative estimate of drug-likeness (QED) is 0.171. The number of hydrogen-bond acceptors (Lipinski definition) is 8. The number of carbonyl (C=O) groups is 1. The van der Waals surface area contributed by atoms with Gasteiger partial charge in [0.2, 0.25) is 5.69 Å². The number of rotatable bonds is 10. The van der Waals surface area contributed by atoms with E-state index in [1.807, 2.05) is 0 Å². The van der Waals surface area contributed by atoms with E-state index in [1.54, 1.807) is 36.7 Å². The highest BCUT2D eigenvalue weighted by Crippen LogP contribution is 2.34. The summed E-state index contributed by atoms with van der Waals surface area (Å²) in [6, 6.07) is 11.8. The molecule has 1 amide bonds. The van der Waals surface area contributed by atoms with Crippen molar-refractivity contribution in [1.29, 1.82) is 0 Å². The summed E-state index contributed by atoms with van der Waals surface area (Å²) < 4.78 is 53.1. The molecule has 5 rings (SSSR count). The minimum Gasteiger partial charge on any atom is -0.618 e. The van der Waals surface area contributed by atoms with E-state index in [0.29, 0.717) is 16.0 Å². The number of methoxy groups -OCH3 is 1. The average molecular weight is 615 g/mol. The maximum Gasteiger partial charge on any atom is 0.411 e. The molecule has 0 radical (unpaired) electrons. The fraction of sp³-hybridized carbons (Fsp3) is 0.185. The van der Waals surface area contributed by atoms with Crippen LogP contribution in [0, 0.1) is 11.0 Å². The van der Waals surface area contributed by atoms with Gasteiger partial charge in [0.05, 0.1) is 41.8 Å². The van der Waals surface area contributed by atoms with Crippen LogP contribution in [0.4, 0.5) is 23.7 Å². The smallest absolute Gasteiger partial charge is 0.411 e. The first-order valence-electron chi connectivity index (χ1n) is 12.6. The molecule has 0 saturated carbocycles. The number of nitrogens with one attached hydrogen (secondary N) is 1. The molecular weight excluding hydrogens is 593 g/mol. The number of halogens is 4. The molecule has 0 aliphatic rings. The van der Waals surface area contributed by atoms with Crippen molar-refractivity contribution in [3.63, 3.8) is 0 Å². The third-order valence-electron chi connectivity index (χ3n) is 6.45. The number of pyridine rings is 1. The van der Waals surface area contributed by atoms with E-state index in [1.165, 1.54) is 47.1 Å². The second kappa shape index (κ2) is 12.9. The number of benzene rings is 2. The van der Waals surface area contributed by atoms with Crippen LogP contribution < -0.4 is 10.0 Å². The third-order valence-corrected chi connectivity index (χ3v) is 6.74. The topological polar surface area (TPSA) is 136 Å². The van der Waals surface area contributed by atoms with Crippen molar-refractivity contribution in [2.24, 2.45) is 0 Å². The van der Waals surface area contributed by atoms with Gasteiger partial charge in [-0.15, -0.1) is 5.10 Å². The summed E-state index contributed by atoms with van der Waals surface area (Å²) in [6.45, 7) is -3.37. The maximum atomic E-state index is 15.3. The normalized spacial score (nSPS) is 12.0. The molecule has 0 aliphatic carbocycles. The predicted octanol–water partition coefficient (Wildman–Crippen LogP) is 5.02. The van der Waals surface area contributed by atoms with E-state index in [2.05, 4.69) is 35.4 Å². The zero-order chi connectivity index (χ0) is 30.5. The van der Waals surface area contributed by atoms with Gasteiger partial charge in [-0.05, 0) is 46.3 Å². The summed E-state index contributed by atoms with van der Waals surface area (Å²) in [5.74, 6) is -0.783. The van der Waals surface area contributed by atoms with Crippen LogP contribution in [0.25, 0.3) is 27.9 Å². The van der Waals surface area contributed by atoms with Gasteiger partial charge in [-0.25, -0.2) is 9.18 Å². The first-order valence-corrected chi connectivity index (χ1v) is 13.0. The van der Waals surface area contributed by atoms with Gasteiger partial charge in [0.1, 0.15) is 12.4 Å². The maximum absolute atomic E-state index is 15.3. The van der Waals surface area contributed by atoms with Crippen molar-refractivity contribution < 1.29 is 32.2 Å². The van der Waals surface area contributed by atoms with Crippen LogP contribution in [-0.2, 0) is 9.47 Å². The molecule has 0 aliphatic heterocycles. The molecule has 16 heteroatoms. The molecular formula is C27H22ClF3N8O4. The van der Waals surface area contributed by atoms with E-state index in [-0.39, 0.29) is 40.6 Å². The molecule has 0 spiro atoms. The summed E-state index contributed by atoms with van der Waals surface area (Å²) in [4.78, 5) is 11.4. The highest BCUT2D eigenvalue weighted by molar-refractivity contribution is 6.31. The summed E-state index contributed by atoms with van der Waals surface area (Å²) in [7, 11) is 1.25. The first-order chi connectivity index (χ1) is 20.7. The van der Waals surface area contributed by atoms with Gasteiger partial charge in [-0.1, -0.05) is 23.7 Å². The summed E-state index contributed by atoms with van der Waals surface area (Å²) >= 11 is 6.04. The highest BCUT2D eigenvalue weighted by atomic mass is 35.5. The van der Waals surface area contributed by atoms with Crippen LogP contribution in [-0.4, -0.2) is 56.4 Å². The van der Waals surface area contributed by atoms with Crippen molar-refractivity contribution in [3.05, 3.63) is 95.2 Å². The lowest BCUT2D eigenvalue weighted by Crippen LogP contribution is -2.36. The van der Waals surface area contributed by atoms with Crippen molar-refractivity contribution in [2.75, 3.05) is 19.0 Å². The Balaban J connectivity index is 1.48. The van der Waals surface area contributed by atoms with Crippen LogP contribution in [0.2, 0.25) is 5.02 Å². The molecule has 43 heavy (non-hydrogen) atoms. The average Bonchev–Trinajstić information content (AvgIpc) is 3.71. The molecule has 1 atom stereocenters. The van der Waals surface area contributed by atoms with Gasteiger partial charge in [0.25, 0.3) is 0 Å². The number of hydrogen-bond donors (Lipinski definition) is 1. The van der Waals surface area contributed by atoms with E-state index in [9.17, 15) is 18.8 Å². The number of alkyl halides is 2. The molecule has 0 fully saturated rings. The molecule has 222 valence electrons. The molecule has 2 aromatic carbocycles. The van der Waals surface area contributed by atoms with Crippen molar-refractivity contribution in [1.82, 2.24) is 30.0 Å². The standard InChI is InChI=1S/C27H22ClF3N8O4/c1-42-27(40)34-19-5-2-16(3-6-19)18-12-33-37(13-18)21(10-11-43-26(30)31)22-8-4-17(14-39(22)41)24-23(38-15-32-35-36-38)9-7-20(28)25(24)29/h2-9,12-15,21,26H,10-11H2,1H3,(H,34,40)/t21-/m1/s1. The SMILES string of the molecule is COC(=O)Nc1ccc(-c2cnn([C@H](CCOC(F)F)c3ccc(-c4c(-n5cnnn5)ccc(Cl)c4F)c[n+]3[O-])c2)cc1. The van der Waals surface area contributed by atoms with Crippen molar-refractivity contribution >= 4 is 23.4 Å². The number of anilines is 1. The zero-order valence-electron chi connectivity index (χ0n) is 22.3. The minimum atomic E-state index is -3.00. The summed E-state index contributed by atoms with van der Waals surface area (Å²) in [5, 5.41) is 31.1. The Morgan fingerprint density at radius 1 is 1.12 bits per heavy atom. The number of nitrogens with zero attached hydrogens (tertiary/aromatic N) is 7. The van der Waals surface area contributed by atoms with Gasteiger partial charge >= 0.3 is 12.7 Å². The number of carbonyl (C=O) groups excluding carboxylic acids is 1. The van der Waals surface area contributed by atoms with Crippen LogP contribution in [0.3, 0.4) is 0 Å². The number of ether oxygens (including phenoxy) is 2. The van der Waals surface area contributed by atoms with Gasteiger partial charge in [-0.2, -0.15) is 23.3 Å². The molecule has 3 heterocycles. The second-order valence-electron chi connectivity index (χ2n) is 9.02. The van der Waals surface area contributed by atoms with E-state index in [0.717, 1.165) is 11.8 Å². The zero-order valence-corrected chi connectivity index (χ0v) is 23.0. The number of amides is 1. The number of aromatic nitrogens is 7. The summed E-state index contributed by atoms with van der Waals surface area (Å²) in [6.07, 6.45) is 4.97. The lowest BCUT2D eigenvalue weighted by molar-refractivity contribution is -0.615. The van der Waals surface area contributed by atoms with Crippen molar-refractivity contribution in [3.8, 4) is 27.9 Å². The Morgan fingerprint density at radius 2 is 1.88 bits per heavy atom. The molecule has 1 N–H and O–H groups in total. The molecule has 0 bridgehead atoms. The van der Waals surface area contributed by atoms with E-state index in [4.69, 9.17) is 11.6 Å². The van der Waals surface area contributed by atoms with Gasteiger partial charge in [-0.3, -0.25) is 10.00 Å². The van der Waals surface area contributed by atoms with E-state index < -0.39 is 24.6 Å². The third kappa shape index (κ3) is 6.57. The molecule has 3 aromatic heterocycles. The number of tetrazole rings is 1. The summed E-state index contributed by atoms with van der Waals surface area (Å²) in [5.41, 5.74) is 2.45. The molecule has 12 nitrogen and oxygen atoms in total. The lowest BCUT2D eigenvalue weighted by Gasteiger charge is -2.18. The largest absolute Gasteiger partial charge is 0.618 e.